The first-order valence-corrected chi connectivity index (χ1v) is 10.3. The highest BCUT2D eigenvalue weighted by molar-refractivity contribution is 8.08. The van der Waals surface area contributed by atoms with Crippen LogP contribution in [0, 0.1) is 5.92 Å². The minimum atomic E-state index is -0.938. The third-order valence-electron chi connectivity index (χ3n) is 5.99. The van der Waals surface area contributed by atoms with Crippen LogP contribution in [0.25, 0.3) is 4.91 Å². The van der Waals surface area contributed by atoms with Crippen molar-refractivity contribution < 1.29 is 9.90 Å². The summed E-state index contributed by atoms with van der Waals surface area (Å²) in [6.45, 7) is 0. The monoisotopic (exact) mass is 383 g/mol. The van der Waals surface area contributed by atoms with Crippen LogP contribution in [0.15, 0.2) is 37.2 Å². The quantitative estimate of drug-likeness (QED) is 0.841. The fourth-order valence-corrected chi connectivity index (χ4v) is 5.85. The molecule has 3 aliphatic heterocycles. The molecule has 7 nitrogen and oxygen atoms in total. The molecule has 0 spiro atoms. The van der Waals surface area contributed by atoms with E-state index in [2.05, 4.69) is 31.1 Å². The van der Waals surface area contributed by atoms with Crippen molar-refractivity contribution in [3.05, 3.63) is 48.3 Å². The minimum absolute atomic E-state index is 0.0813. The molecule has 0 saturated carbocycles. The lowest BCUT2D eigenvalue weighted by molar-refractivity contribution is -0.144. The van der Waals surface area contributed by atoms with Gasteiger partial charge in [0.15, 0.2) is 0 Å². The zero-order chi connectivity index (χ0) is 18.4. The first kappa shape index (κ1) is 16.9. The molecule has 27 heavy (non-hydrogen) atoms. The average Bonchev–Trinajstić information content (AvgIpc) is 3.41. The van der Waals surface area contributed by atoms with Gasteiger partial charge in [0.25, 0.3) is 0 Å². The van der Waals surface area contributed by atoms with Gasteiger partial charge < -0.3 is 10.0 Å². The largest absolute Gasteiger partial charge is 0.385 e. The van der Waals surface area contributed by atoms with Gasteiger partial charge in [0.2, 0.25) is 5.91 Å². The summed E-state index contributed by atoms with van der Waals surface area (Å²) in [5, 5.41) is 18.0. The Labute approximate surface area is 161 Å². The topological polar surface area (TPSA) is 95.0 Å². The zero-order valence-corrected chi connectivity index (χ0v) is 15.6. The number of rotatable bonds is 3. The van der Waals surface area contributed by atoms with Crippen LogP contribution >= 0.6 is 11.8 Å². The standard InChI is InChI=1S/C19H21N5O2S/c25-18(12-3-17(27-10-12)13-6-22-23-7-13)24-15-1-2-16(24)5-19(26,4-15)14-8-20-11-21-9-14/h3,6-9,11-12,15-16,26H,1-2,4-5,10H2,(H,22,23). The van der Waals surface area contributed by atoms with Gasteiger partial charge in [-0.05, 0) is 12.8 Å². The van der Waals surface area contributed by atoms with E-state index in [1.807, 2.05) is 6.20 Å². The predicted molar refractivity (Wildman–Crippen MR) is 101 cm³/mol. The third-order valence-corrected chi connectivity index (χ3v) is 7.20. The van der Waals surface area contributed by atoms with Gasteiger partial charge in [-0.25, -0.2) is 9.97 Å². The van der Waals surface area contributed by atoms with Crippen LogP contribution in [0.3, 0.4) is 0 Å². The molecular weight excluding hydrogens is 362 g/mol. The first-order chi connectivity index (χ1) is 13.1. The van der Waals surface area contributed by atoms with Crippen LogP contribution in [0.2, 0.25) is 0 Å². The molecule has 5 rings (SSSR count). The molecule has 8 heteroatoms. The number of thioether (sulfide) groups is 1. The van der Waals surface area contributed by atoms with E-state index in [9.17, 15) is 9.90 Å². The number of amides is 1. The Morgan fingerprint density at radius 2 is 1.96 bits per heavy atom. The Kier molecular flexibility index (Phi) is 4.05. The van der Waals surface area contributed by atoms with Gasteiger partial charge in [-0.2, -0.15) is 5.10 Å². The van der Waals surface area contributed by atoms with Crippen LogP contribution in [-0.4, -0.2) is 53.9 Å². The lowest BCUT2D eigenvalue weighted by Gasteiger charge is -2.44. The highest BCUT2D eigenvalue weighted by Crippen LogP contribution is 2.47. The van der Waals surface area contributed by atoms with E-state index in [0.717, 1.165) is 34.6 Å². The average molecular weight is 383 g/mol. The summed E-state index contributed by atoms with van der Waals surface area (Å²) in [6.07, 6.45) is 13.6. The van der Waals surface area contributed by atoms with Crippen LogP contribution in [0.5, 0.6) is 0 Å². The van der Waals surface area contributed by atoms with Crippen molar-refractivity contribution in [1.82, 2.24) is 25.1 Å². The third kappa shape index (κ3) is 2.87. The maximum atomic E-state index is 13.3. The van der Waals surface area contributed by atoms with Crippen LogP contribution in [0.4, 0.5) is 0 Å². The van der Waals surface area contributed by atoms with E-state index in [4.69, 9.17) is 0 Å². The molecule has 2 N–H and O–H groups in total. The van der Waals surface area contributed by atoms with E-state index in [1.165, 1.54) is 6.33 Å². The number of aliphatic hydroxyl groups is 1. The molecule has 0 radical (unpaired) electrons. The van der Waals surface area contributed by atoms with E-state index in [0.29, 0.717) is 12.8 Å². The number of hydrogen-bond acceptors (Lipinski definition) is 6. The Morgan fingerprint density at radius 1 is 1.22 bits per heavy atom. The highest BCUT2D eigenvalue weighted by Gasteiger charge is 2.51. The summed E-state index contributed by atoms with van der Waals surface area (Å²) >= 11 is 1.71. The van der Waals surface area contributed by atoms with Gasteiger partial charge in [-0.1, -0.05) is 6.08 Å². The Balaban J connectivity index is 1.35. The lowest BCUT2D eigenvalue weighted by atomic mass is 9.81. The maximum absolute atomic E-state index is 13.3. The summed E-state index contributed by atoms with van der Waals surface area (Å²) in [7, 11) is 0. The van der Waals surface area contributed by atoms with Crippen molar-refractivity contribution in [3.8, 4) is 0 Å². The second-order valence-electron chi connectivity index (χ2n) is 7.63. The number of aromatic nitrogens is 4. The Morgan fingerprint density at radius 3 is 2.63 bits per heavy atom. The van der Waals surface area contributed by atoms with E-state index in [1.54, 1.807) is 30.4 Å². The molecule has 5 heterocycles. The van der Waals surface area contributed by atoms with Crippen molar-refractivity contribution in [2.45, 2.75) is 43.4 Å². The van der Waals surface area contributed by atoms with E-state index >= 15 is 0 Å². The summed E-state index contributed by atoms with van der Waals surface area (Å²) in [6, 6.07) is 0.163. The minimum Gasteiger partial charge on any atom is -0.385 e. The number of carbonyl (C=O) groups is 1. The van der Waals surface area contributed by atoms with Crippen LogP contribution in [0.1, 0.15) is 36.8 Å². The highest BCUT2D eigenvalue weighted by atomic mass is 32.2. The molecule has 2 aromatic rings. The Hall–Kier alpha value is -2.19. The molecular formula is C19H21N5O2S. The molecule has 3 unspecified atom stereocenters. The fourth-order valence-electron chi connectivity index (χ4n) is 4.72. The number of aromatic amines is 1. The van der Waals surface area contributed by atoms with Crippen molar-refractivity contribution in [1.29, 1.82) is 0 Å². The predicted octanol–water partition coefficient (Wildman–Crippen LogP) is 1.94. The van der Waals surface area contributed by atoms with Crippen molar-refractivity contribution in [2.24, 2.45) is 5.92 Å². The van der Waals surface area contributed by atoms with E-state index in [-0.39, 0.29) is 23.9 Å². The number of nitrogens with one attached hydrogen (secondary N) is 1. The van der Waals surface area contributed by atoms with Crippen LogP contribution < -0.4 is 0 Å². The van der Waals surface area contributed by atoms with Crippen molar-refractivity contribution in [2.75, 3.05) is 5.75 Å². The molecule has 2 saturated heterocycles. The van der Waals surface area contributed by atoms with Crippen LogP contribution in [-0.2, 0) is 10.4 Å². The number of hydrogen-bond donors (Lipinski definition) is 2. The van der Waals surface area contributed by atoms with Crippen molar-refractivity contribution in [3.63, 3.8) is 0 Å². The first-order valence-electron chi connectivity index (χ1n) is 9.28. The lowest BCUT2D eigenvalue weighted by Crippen LogP contribution is -2.53. The van der Waals surface area contributed by atoms with E-state index < -0.39 is 5.60 Å². The Bertz CT molecular complexity index is 855. The summed E-state index contributed by atoms with van der Waals surface area (Å²) in [4.78, 5) is 24.5. The SMILES string of the molecule is O=C(C1C=C(c2cn[nH]c2)SC1)N1C2CCC1CC(O)(c1cncnc1)C2. The van der Waals surface area contributed by atoms with Gasteiger partial charge in [0.05, 0.1) is 17.7 Å². The van der Waals surface area contributed by atoms with Gasteiger partial charge in [0, 0.05) is 65.3 Å². The maximum Gasteiger partial charge on any atom is 0.230 e. The number of carbonyl (C=O) groups excluding carboxylic acids is 1. The number of H-pyrrole nitrogens is 1. The number of fused-ring (bicyclic) bond motifs is 2. The summed E-state index contributed by atoms with van der Waals surface area (Å²) in [5.41, 5.74) is 0.856. The number of piperidine rings is 1. The molecule has 0 aromatic carbocycles. The molecule has 3 atom stereocenters. The van der Waals surface area contributed by atoms with Gasteiger partial charge >= 0.3 is 0 Å². The number of nitrogens with zero attached hydrogens (tertiary/aromatic N) is 4. The molecule has 2 bridgehead atoms. The molecule has 1 amide bonds. The van der Waals surface area contributed by atoms with Gasteiger partial charge in [-0.3, -0.25) is 9.89 Å². The molecule has 2 aromatic heterocycles. The second-order valence-corrected chi connectivity index (χ2v) is 8.69. The molecule has 0 aliphatic carbocycles. The van der Waals surface area contributed by atoms with Gasteiger partial charge in [-0.15, -0.1) is 11.8 Å². The normalized spacial score (nSPS) is 32.6. The van der Waals surface area contributed by atoms with Gasteiger partial charge in [0.1, 0.15) is 6.33 Å². The smallest absolute Gasteiger partial charge is 0.230 e. The second kappa shape index (κ2) is 6.45. The zero-order valence-electron chi connectivity index (χ0n) is 14.8. The summed E-state index contributed by atoms with van der Waals surface area (Å²) < 4.78 is 0. The van der Waals surface area contributed by atoms with Crippen molar-refractivity contribution >= 4 is 22.6 Å². The molecule has 140 valence electrons. The fraction of sp³-hybridized carbons (Fsp3) is 0.474. The molecule has 3 aliphatic rings. The summed E-state index contributed by atoms with van der Waals surface area (Å²) in [5.74, 6) is 0.862. The molecule has 2 fully saturated rings.